The number of rotatable bonds is 4. The third kappa shape index (κ3) is 3.83. The molecule has 0 amide bonds. The lowest BCUT2D eigenvalue weighted by atomic mass is 10.1. The topological polar surface area (TPSA) is 43.6 Å². The Kier molecular flexibility index (Phi) is 5.53. The van der Waals surface area contributed by atoms with Gasteiger partial charge in [0.2, 0.25) is 0 Å². The summed E-state index contributed by atoms with van der Waals surface area (Å²) in [6.45, 7) is 4.43. The van der Waals surface area contributed by atoms with Crippen LogP contribution in [0, 0.1) is 13.8 Å². The zero-order valence-corrected chi connectivity index (χ0v) is 20.5. The molecule has 0 spiro atoms. The first-order chi connectivity index (χ1) is 15.4. The van der Waals surface area contributed by atoms with E-state index in [1.54, 1.807) is 4.40 Å². The summed E-state index contributed by atoms with van der Waals surface area (Å²) in [5.41, 5.74) is 5.62. The van der Waals surface area contributed by atoms with Crippen molar-refractivity contribution in [2.45, 2.75) is 20.5 Å². The zero-order valence-electron chi connectivity index (χ0n) is 17.4. The fraction of sp³-hybridized carbons (Fsp3) is 0.120. The van der Waals surface area contributed by atoms with Crippen LogP contribution >= 0.6 is 38.9 Å². The maximum absolute atomic E-state index is 13.3. The van der Waals surface area contributed by atoms with Crippen LogP contribution in [0.4, 0.5) is 0 Å². The Morgan fingerprint density at radius 3 is 2.72 bits per heavy atom. The van der Waals surface area contributed by atoms with Crippen LogP contribution in [0.2, 0.25) is 5.02 Å². The molecule has 2 aromatic heterocycles. The van der Waals surface area contributed by atoms with Gasteiger partial charge in [0.05, 0.1) is 15.6 Å². The number of imidazole rings is 1. The van der Waals surface area contributed by atoms with Gasteiger partial charge in [-0.05, 0) is 67.4 Å². The molecule has 160 valence electrons. The van der Waals surface area contributed by atoms with Crippen LogP contribution in [0.1, 0.15) is 22.3 Å². The summed E-state index contributed by atoms with van der Waals surface area (Å²) < 4.78 is 9.27. The van der Waals surface area contributed by atoms with Crippen molar-refractivity contribution in [1.82, 2.24) is 9.38 Å². The lowest BCUT2D eigenvalue weighted by Gasteiger charge is -2.10. The summed E-state index contributed by atoms with van der Waals surface area (Å²) in [6, 6.07) is 17.4. The van der Waals surface area contributed by atoms with E-state index in [2.05, 4.69) is 27.8 Å². The molecule has 7 heteroatoms. The largest absolute Gasteiger partial charge is 0.488 e. The van der Waals surface area contributed by atoms with Crippen molar-refractivity contribution < 1.29 is 4.74 Å². The Hall–Kier alpha value is -2.67. The number of thiazole rings is 1. The second kappa shape index (κ2) is 8.35. The first kappa shape index (κ1) is 21.2. The van der Waals surface area contributed by atoms with Crippen LogP contribution < -0.4 is 14.8 Å². The molecule has 32 heavy (non-hydrogen) atoms. The smallest absolute Gasteiger partial charge is 0.274 e. The van der Waals surface area contributed by atoms with E-state index in [0.717, 1.165) is 37.8 Å². The number of hydrogen-bond acceptors (Lipinski definition) is 4. The van der Waals surface area contributed by atoms with E-state index in [4.69, 9.17) is 16.3 Å². The Morgan fingerprint density at radius 2 is 1.91 bits per heavy atom. The molecule has 0 aliphatic heterocycles. The third-order valence-electron chi connectivity index (χ3n) is 5.45. The summed E-state index contributed by atoms with van der Waals surface area (Å²) >= 11 is 11.2. The van der Waals surface area contributed by atoms with Crippen molar-refractivity contribution in [1.29, 1.82) is 0 Å². The molecule has 0 bridgehead atoms. The van der Waals surface area contributed by atoms with Gasteiger partial charge in [-0.2, -0.15) is 0 Å². The normalized spacial score (nSPS) is 12.2. The van der Waals surface area contributed by atoms with Gasteiger partial charge >= 0.3 is 0 Å². The standard InChI is InChI=1S/C25H18BrClN2O2S/c1-14-9-20-21(10-15(14)2)29-24(30)23(32-25(29)28-20)12-17-11-18(26)7-8-22(17)31-13-16-5-3-4-6-19(16)27/h3-12H,13H2,1-2H3/b23-12-. The second-order valence-corrected chi connectivity index (χ2v) is 9.96. The van der Waals surface area contributed by atoms with Gasteiger partial charge in [-0.25, -0.2) is 9.38 Å². The molecule has 3 aromatic carbocycles. The molecule has 0 fully saturated rings. The molecule has 2 heterocycles. The van der Waals surface area contributed by atoms with Crippen molar-refractivity contribution in [2.75, 3.05) is 0 Å². The van der Waals surface area contributed by atoms with Crippen molar-refractivity contribution >= 4 is 60.9 Å². The van der Waals surface area contributed by atoms with Crippen LogP contribution in [-0.2, 0) is 6.61 Å². The van der Waals surface area contributed by atoms with E-state index in [1.165, 1.54) is 11.3 Å². The number of ether oxygens (including phenoxy) is 1. The van der Waals surface area contributed by atoms with Crippen molar-refractivity contribution in [3.05, 3.63) is 101 Å². The monoisotopic (exact) mass is 524 g/mol. The maximum atomic E-state index is 13.3. The molecular formula is C25H18BrClN2O2S. The zero-order chi connectivity index (χ0) is 22.4. The van der Waals surface area contributed by atoms with E-state index in [1.807, 2.05) is 67.6 Å². The van der Waals surface area contributed by atoms with E-state index >= 15 is 0 Å². The molecule has 0 atom stereocenters. The summed E-state index contributed by atoms with van der Waals surface area (Å²) in [5, 5.41) is 0.661. The molecule has 0 aliphatic carbocycles. The number of benzene rings is 3. The molecule has 0 radical (unpaired) electrons. The minimum absolute atomic E-state index is 0.0761. The van der Waals surface area contributed by atoms with Gasteiger partial charge in [0, 0.05) is 20.6 Å². The van der Waals surface area contributed by atoms with Gasteiger partial charge in [0.1, 0.15) is 12.4 Å². The minimum atomic E-state index is -0.0761. The van der Waals surface area contributed by atoms with Crippen molar-refractivity contribution in [3.63, 3.8) is 0 Å². The SMILES string of the molecule is Cc1cc2nc3s/c(=C\c4cc(Br)ccc4OCc4ccccc4Cl)c(=O)n3c2cc1C. The summed E-state index contributed by atoms with van der Waals surface area (Å²) in [4.78, 5) is 18.6. The number of nitrogens with zero attached hydrogens (tertiary/aromatic N) is 2. The number of halogens is 2. The lowest BCUT2D eigenvalue weighted by molar-refractivity contribution is 0.305. The van der Waals surface area contributed by atoms with Gasteiger partial charge in [-0.1, -0.05) is 57.1 Å². The fourth-order valence-corrected chi connectivity index (χ4v) is 5.14. The van der Waals surface area contributed by atoms with Gasteiger partial charge in [-0.15, -0.1) is 0 Å². The summed E-state index contributed by atoms with van der Waals surface area (Å²) in [5.74, 6) is 0.676. The molecular weight excluding hydrogens is 508 g/mol. The molecule has 0 aliphatic rings. The molecule has 0 saturated heterocycles. The first-order valence-corrected chi connectivity index (χ1v) is 12.0. The van der Waals surface area contributed by atoms with Gasteiger partial charge in [-0.3, -0.25) is 4.79 Å². The molecule has 5 aromatic rings. The van der Waals surface area contributed by atoms with E-state index in [9.17, 15) is 4.79 Å². The third-order valence-corrected chi connectivity index (χ3v) is 7.28. The van der Waals surface area contributed by atoms with E-state index in [-0.39, 0.29) is 5.56 Å². The quantitative estimate of drug-likeness (QED) is 0.286. The van der Waals surface area contributed by atoms with Gasteiger partial charge in [0.15, 0.2) is 4.96 Å². The van der Waals surface area contributed by atoms with Crippen LogP contribution in [0.3, 0.4) is 0 Å². The summed E-state index contributed by atoms with van der Waals surface area (Å²) in [7, 11) is 0. The van der Waals surface area contributed by atoms with Crippen LogP contribution in [0.5, 0.6) is 5.75 Å². The molecule has 0 N–H and O–H groups in total. The van der Waals surface area contributed by atoms with Crippen LogP contribution in [0.25, 0.3) is 22.1 Å². The number of aromatic nitrogens is 2. The highest BCUT2D eigenvalue weighted by Crippen LogP contribution is 2.26. The Bertz CT molecular complexity index is 1610. The highest BCUT2D eigenvalue weighted by atomic mass is 79.9. The average Bonchev–Trinajstić information content (AvgIpc) is 3.25. The van der Waals surface area contributed by atoms with E-state index < -0.39 is 0 Å². The molecule has 5 rings (SSSR count). The predicted octanol–water partition coefficient (Wildman–Crippen LogP) is 6.07. The van der Waals surface area contributed by atoms with Crippen LogP contribution in [0.15, 0.2) is 63.9 Å². The van der Waals surface area contributed by atoms with E-state index in [0.29, 0.717) is 26.9 Å². The highest BCUT2D eigenvalue weighted by Gasteiger charge is 2.13. The number of hydrogen-bond donors (Lipinski definition) is 0. The van der Waals surface area contributed by atoms with Crippen molar-refractivity contribution in [2.24, 2.45) is 0 Å². The van der Waals surface area contributed by atoms with Gasteiger partial charge in [0.25, 0.3) is 5.56 Å². The van der Waals surface area contributed by atoms with Gasteiger partial charge < -0.3 is 4.74 Å². The first-order valence-electron chi connectivity index (χ1n) is 10.0. The predicted molar refractivity (Wildman–Crippen MR) is 135 cm³/mol. The minimum Gasteiger partial charge on any atom is -0.488 e. The second-order valence-electron chi connectivity index (χ2n) is 7.63. The fourth-order valence-electron chi connectivity index (χ4n) is 3.59. The Labute approximate surface area is 201 Å². The maximum Gasteiger partial charge on any atom is 0.274 e. The number of aryl methyl sites for hydroxylation is 2. The molecule has 0 unspecified atom stereocenters. The van der Waals surface area contributed by atoms with Crippen molar-refractivity contribution in [3.8, 4) is 5.75 Å². The Balaban J connectivity index is 1.59. The molecule has 4 nitrogen and oxygen atoms in total. The highest BCUT2D eigenvalue weighted by molar-refractivity contribution is 9.10. The Morgan fingerprint density at radius 1 is 1.12 bits per heavy atom. The summed E-state index contributed by atoms with van der Waals surface area (Å²) in [6.07, 6.45) is 1.86. The molecule has 0 saturated carbocycles. The average molecular weight is 526 g/mol. The number of fused-ring (bicyclic) bond motifs is 3. The van der Waals surface area contributed by atoms with Crippen LogP contribution in [-0.4, -0.2) is 9.38 Å². The lowest BCUT2D eigenvalue weighted by Crippen LogP contribution is -2.22.